The Morgan fingerprint density at radius 3 is 2.64 bits per heavy atom. The second kappa shape index (κ2) is 8.21. The third kappa shape index (κ3) is 4.19. The summed E-state index contributed by atoms with van der Waals surface area (Å²) in [7, 11) is 0. The number of para-hydroxylation sites is 1. The lowest BCUT2D eigenvalue weighted by Gasteiger charge is -2.24. The number of hydrogen-bond acceptors (Lipinski definition) is 5. The maximum atomic E-state index is 13.2. The van der Waals surface area contributed by atoms with Crippen LogP contribution >= 0.6 is 0 Å². The molecule has 0 unspecified atom stereocenters. The normalized spacial score (nSPS) is 13.3. The van der Waals surface area contributed by atoms with Crippen molar-refractivity contribution in [1.82, 2.24) is 25.1 Å². The molecule has 0 atom stereocenters. The summed E-state index contributed by atoms with van der Waals surface area (Å²) < 4.78 is 7.38. The van der Waals surface area contributed by atoms with E-state index in [1.165, 1.54) is 0 Å². The summed E-state index contributed by atoms with van der Waals surface area (Å²) in [5, 5.41) is 11.1. The Labute approximate surface area is 163 Å². The van der Waals surface area contributed by atoms with Gasteiger partial charge in [0.25, 0.3) is 5.91 Å². The highest BCUT2D eigenvalue weighted by Gasteiger charge is 2.33. The number of amides is 1. The van der Waals surface area contributed by atoms with Gasteiger partial charge in [0.15, 0.2) is 0 Å². The first kappa shape index (κ1) is 18.2. The van der Waals surface area contributed by atoms with Crippen LogP contribution in [0, 0.1) is 0 Å². The first-order valence-corrected chi connectivity index (χ1v) is 9.56. The van der Waals surface area contributed by atoms with Gasteiger partial charge in [-0.1, -0.05) is 30.3 Å². The van der Waals surface area contributed by atoms with Gasteiger partial charge in [-0.3, -0.25) is 4.79 Å². The number of hydrogen-bond donors (Lipinski definition) is 0. The number of benzene rings is 2. The Kier molecular flexibility index (Phi) is 5.32. The van der Waals surface area contributed by atoms with Crippen LogP contribution < -0.4 is 4.74 Å². The lowest BCUT2D eigenvalue weighted by atomic mass is 10.1. The van der Waals surface area contributed by atoms with Crippen molar-refractivity contribution in [3.05, 3.63) is 71.5 Å². The van der Waals surface area contributed by atoms with Gasteiger partial charge in [-0.25, -0.2) is 4.68 Å². The molecule has 1 heterocycles. The predicted octanol–water partition coefficient (Wildman–Crippen LogP) is 2.92. The molecule has 3 aromatic rings. The summed E-state index contributed by atoms with van der Waals surface area (Å²) >= 11 is 0. The number of carbonyl (C=O) groups excluding carboxylic acids is 1. The van der Waals surface area contributed by atoms with Gasteiger partial charge in [0.05, 0.1) is 13.2 Å². The van der Waals surface area contributed by atoms with Gasteiger partial charge < -0.3 is 9.64 Å². The van der Waals surface area contributed by atoms with Crippen LogP contribution in [-0.2, 0) is 13.1 Å². The van der Waals surface area contributed by atoms with Crippen molar-refractivity contribution in [3.63, 3.8) is 0 Å². The molecule has 144 valence electrons. The molecule has 0 radical (unpaired) electrons. The van der Waals surface area contributed by atoms with Crippen molar-refractivity contribution >= 4 is 5.91 Å². The van der Waals surface area contributed by atoms with Gasteiger partial charge in [0, 0.05) is 23.7 Å². The maximum absolute atomic E-state index is 13.2. The van der Waals surface area contributed by atoms with E-state index in [1.54, 1.807) is 11.0 Å². The molecule has 1 saturated carbocycles. The average Bonchev–Trinajstić information content (AvgIpc) is 3.44. The molecule has 1 amide bonds. The van der Waals surface area contributed by atoms with Crippen molar-refractivity contribution in [2.75, 3.05) is 6.61 Å². The lowest BCUT2D eigenvalue weighted by Crippen LogP contribution is -2.32. The Balaban J connectivity index is 1.50. The summed E-state index contributed by atoms with van der Waals surface area (Å²) in [5.74, 6) is 0.906. The van der Waals surface area contributed by atoms with Crippen LogP contribution in [-0.4, -0.2) is 43.7 Å². The van der Waals surface area contributed by atoms with E-state index in [0.717, 1.165) is 29.7 Å². The quantitative estimate of drug-likeness (QED) is 0.603. The summed E-state index contributed by atoms with van der Waals surface area (Å²) in [6.45, 7) is 3.72. The van der Waals surface area contributed by atoms with Crippen molar-refractivity contribution in [2.24, 2.45) is 0 Å². The zero-order valence-corrected chi connectivity index (χ0v) is 15.9. The Bertz CT molecular complexity index is 920. The van der Waals surface area contributed by atoms with E-state index in [9.17, 15) is 4.79 Å². The minimum atomic E-state index is 0.0581. The molecule has 0 spiro atoms. The standard InChI is InChI=1S/C21H23N5O2/c1-2-28-20-6-4-3-5-18(20)14-26(19-11-12-19)21(27)17-9-7-16(8-10-17)13-25-15-22-23-24-25/h3-10,15,19H,2,11-14H2,1H3. The predicted molar refractivity (Wildman–Crippen MR) is 104 cm³/mol. The lowest BCUT2D eigenvalue weighted by molar-refractivity contribution is 0.0728. The van der Waals surface area contributed by atoms with E-state index >= 15 is 0 Å². The highest BCUT2D eigenvalue weighted by molar-refractivity contribution is 5.94. The summed E-state index contributed by atoms with van der Waals surface area (Å²) in [5.41, 5.74) is 2.78. The van der Waals surface area contributed by atoms with Gasteiger partial charge in [-0.2, -0.15) is 0 Å². The molecule has 1 aromatic heterocycles. The average molecular weight is 377 g/mol. The van der Waals surface area contributed by atoms with Crippen molar-refractivity contribution < 1.29 is 9.53 Å². The molecule has 7 nitrogen and oxygen atoms in total. The fraction of sp³-hybridized carbons (Fsp3) is 0.333. The van der Waals surface area contributed by atoms with Crippen molar-refractivity contribution in [1.29, 1.82) is 0 Å². The molecule has 0 aliphatic heterocycles. The fourth-order valence-electron chi connectivity index (χ4n) is 3.23. The van der Waals surface area contributed by atoms with Gasteiger partial charge in [0.1, 0.15) is 12.1 Å². The Morgan fingerprint density at radius 2 is 1.96 bits per heavy atom. The Morgan fingerprint density at radius 1 is 1.18 bits per heavy atom. The first-order valence-electron chi connectivity index (χ1n) is 9.56. The number of nitrogens with zero attached hydrogens (tertiary/aromatic N) is 5. The number of tetrazole rings is 1. The highest BCUT2D eigenvalue weighted by atomic mass is 16.5. The van der Waals surface area contributed by atoms with Crippen LogP contribution in [0.4, 0.5) is 0 Å². The van der Waals surface area contributed by atoms with E-state index in [1.807, 2.05) is 60.4 Å². The first-order chi connectivity index (χ1) is 13.7. The van der Waals surface area contributed by atoms with Gasteiger partial charge in [0.2, 0.25) is 0 Å². The van der Waals surface area contributed by atoms with Gasteiger partial charge >= 0.3 is 0 Å². The van der Waals surface area contributed by atoms with E-state index in [4.69, 9.17) is 4.74 Å². The summed E-state index contributed by atoms with van der Waals surface area (Å²) in [6.07, 6.45) is 3.68. The molecule has 2 aromatic carbocycles. The number of aromatic nitrogens is 4. The zero-order chi connectivity index (χ0) is 19.3. The van der Waals surface area contributed by atoms with Crippen LogP contribution in [0.5, 0.6) is 5.75 Å². The zero-order valence-electron chi connectivity index (χ0n) is 15.9. The minimum Gasteiger partial charge on any atom is -0.494 e. The Hall–Kier alpha value is -3.22. The van der Waals surface area contributed by atoms with Crippen molar-refractivity contribution in [3.8, 4) is 5.75 Å². The second-order valence-electron chi connectivity index (χ2n) is 6.91. The molecule has 1 aliphatic rings. The third-order valence-corrected chi connectivity index (χ3v) is 4.80. The monoisotopic (exact) mass is 377 g/mol. The topological polar surface area (TPSA) is 73.1 Å². The molecule has 4 rings (SSSR count). The second-order valence-corrected chi connectivity index (χ2v) is 6.91. The fourth-order valence-corrected chi connectivity index (χ4v) is 3.23. The molecule has 1 aliphatic carbocycles. The molecule has 0 saturated heterocycles. The maximum Gasteiger partial charge on any atom is 0.254 e. The van der Waals surface area contributed by atoms with Crippen LogP contribution in [0.25, 0.3) is 0 Å². The number of ether oxygens (including phenoxy) is 1. The SMILES string of the molecule is CCOc1ccccc1CN(C(=O)c1ccc(Cn2cnnn2)cc1)C1CC1. The van der Waals surface area contributed by atoms with Crippen LogP contribution in [0.1, 0.15) is 41.3 Å². The van der Waals surface area contributed by atoms with E-state index in [0.29, 0.717) is 31.3 Å². The summed E-state index contributed by atoms with van der Waals surface area (Å²) in [4.78, 5) is 15.1. The summed E-state index contributed by atoms with van der Waals surface area (Å²) in [6, 6.07) is 15.9. The van der Waals surface area contributed by atoms with E-state index in [-0.39, 0.29) is 5.91 Å². The smallest absolute Gasteiger partial charge is 0.254 e. The molecule has 1 fully saturated rings. The van der Waals surface area contributed by atoms with Crippen LogP contribution in [0.3, 0.4) is 0 Å². The van der Waals surface area contributed by atoms with Crippen LogP contribution in [0.2, 0.25) is 0 Å². The molecular formula is C21H23N5O2. The molecular weight excluding hydrogens is 354 g/mol. The van der Waals surface area contributed by atoms with E-state index < -0.39 is 0 Å². The molecule has 0 N–H and O–H groups in total. The molecule has 0 bridgehead atoms. The largest absolute Gasteiger partial charge is 0.494 e. The molecule has 28 heavy (non-hydrogen) atoms. The minimum absolute atomic E-state index is 0.0581. The number of rotatable bonds is 8. The molecule has 7 heteroatoms. The number of carbonyl (C=O) groups is 1. The van der Waals surface area contributed by atoms with Gasteiger partial charge in [-0.15, -0.1) is 5.10 Å². The highest BCUT2D eigenvalue weighted by Crippen LogP contribution is 2.31. The van der Waals surface area contributed by atoms with E-state index in [2.05, 4.69) is 15.5 Å². The van der Waals surface area contributed by atoms with Crippen molar-refractivity contribution in [2.45, 2.75) is 38.9 Å². The third-order valence-electron chi connectivity index (χ3n) is 4.80. The van der Waals surface area contributed by atoms with Gasteiger partial charge in [-0.05, 0) is 54.0 Å². The van der Waals surface area contributed by atoms with Crippen LogP contribution in [0.15, 0.2) is 54.9 Å².